The molecule has 2 aromatic rings. The predicted octanol–water partition coefficient (Wildman–Crippen LogP) is -0.0646. The Labute approximate surface area is 152 Å². The van der Waals surface area contributed by atoms with E-state index in [-0.39, 0.29) is 49.8 Å². The standard InChI is InChI=1S/C15H23N7O3S/c1-2-26(24,25)17-8-9-22(10-11-23)15-20-13(16)19-14(21-15)18-12-6-4-3-5-7-12/h3-7,17,23H,2,8-11H2,1H3,(H3,16,18,19,20,21). The maximum absolute atomic E-state index is 11.5. The lowest BCUT2D eigenvalue weighted by Gasteiger charge is -2.22. The highest BCUT2D eigenvalue weighted by Crippen LogP contribution is 2.16. The first-order valence-electron chi connectivity index (χ1n) is 8.10. The zero-order valence-electron chi connectivity index (χ0n) is 14.5. The van der Waals surface area contributed by atoms with Gasteiger partial charge in [0.25, 0.3) is 0 Å². The van der Waals surface area contributed by atoms with Crippen LogP contribution in [0.15, 0.2) is 30.3 Å². The fourth-order valence-corrected chi connectivity index (χ4v) is 2.71. The predicted molar refractivity (Wildman–Crippen MR) is 101 cm³/mol. The third-order valence-electron chi connectivity index (χ3n) is 3.41. The number of nitrogen functional groups attached to an aromatic ring is 1. The summed E-state index contributed by atoms with van der Waals surface area (Å²) in [5.74, 6) is 0.526. The van der Waals surface area contributed by atoms with Crippen molar-refractivity contribution in [2.75, 3.05) is 47.9 Å². The topological polar surface area (TPSA) is 146 Å². The number of benzene rings is 1. The van der Waals surface area contributed by atoms with Crippen LogP contribution in [-0.4, -0.2) is 60.5 Å². The van der Waals surface area contributed by atoms with E-state index in [1.165, 1.54) is 0 Å². The Kier molecular flexibility index (Phi) is 7.06. The van der Waals surface area contributed by atoms with E-state index in [0.29, 0.717) is 0 Å². The molecule has 0 aliphatic carbocycles. The summed E-state index contributed by atoms with van der Waals surface area (Å²) >= 11 is 0. The summed E-state index contributed by atoms with van der Waals surface area (Å²) in [5.41, 5.74) is 6.55. The zero-order chi connectivity index (χ0) is 19.0. The van der Waals surface area contributed by atoms with Gasteiger partial charge in [-0.15, -0.1) is 0 Å². The van der Waals surface area contributed by atoms with Crippen LogP contribution in [0.3, 0.4) is 0 Å². The van der Waals surface area contributed by atoms with E-state index in [0.717, 1.165) is 5.69 Å². The first-order chi connectivity index (χ1) is 12.4. The van der Waals surface area contributed by atoms with Gasteiger partial charge in [0.2, 0.25) is 27.9 Å². The highest BCUT2D eigenvalue weighted by molar-refractivity contribution is 7.89. The SMILES string of the molecule is CCS(=O)(=O)NCCN(CCO)c1nc(N)nc(Nc2ccccc2)n1. The van der Waals surface area contributed by atoms with Crippen LogP contribution in [0.5, 0.6) is 0 Å². The van der Waals surface area contributed by atoms with Gasteiger partial charge in [0.1, 0.15) is 0 Å². The number of nitrogens with one attached hydrogen (secondary N) is 2. The number of sulfonamides is 1. The fourth-order valence-electron chi connectivity index (χ4n) is 2.10. The van der Waals surface area contributed by atoms with Gasteiger partial charge in [-0.2, -0.15) is 15.0 Å². The van der Waals surface area contributed by atoms with Crippen molar-refractivity contribution in [1.82, 2.24) is 19.7 Å². The molecular weight excluding hydrogens is 358 g/mol. The Bertz CT molecular complexity index is 802. The first-order valence-corrected chi connectivity index (χ1v) is 9.75. The quantitative estimate of drug-likeness (QED) is 0.444. The third kappa shape index (κ3) is 6.10. The molecule has 5 N–H and O–H groups in total. The molecule has 0 amide bonds. The van der Waals surface area contributed by atoms with Crippen LogP contribution in [0, 0.1) is 0 Å². The molecule has 0 unspecified atom stereocenters. The smallest absolute Gasteiger partial charge is 0.233 e. The second-order valence-electron chi connectivity index (χ2n) is 5.32. The number of aliphatic hydroxyl groups is 1. The Morgan fingerprint density at radius 1 is 1.15 bits per heavy atom. The van der Waals surface area contributed by atoms with Crippen LogP contribution in [0.25, 0.3) is 0 Å². The largest absolute Gasteiger partial charge is 0.395 e. The molecule has 0 fully saturated rings. The summed E-state index contributed by atoms with van der Waals surface area (Å²) in [6, 6.07) is 9.32. The number of aliphatic hydroxyl groups excluding tert-OH is 1. The highest BCUT2D eigenvalue weighted by Gasteiger charge is 2.14. The normalized spacial score (nSPS) is 11.3. The van der Waals surface area contributed by atoms with Gasteiger partial charge in [0, 0.05) is 25.3 Å². The van der Waals surface area contributed by atoms with Crippen molar-refractivity contribution in [3.63, 3.8) is 0 Å². The molecule has 0 saturated carbocycles. The van der Waals surface area contributed by atoms with E-state index >= 15 is 0 Å². The minimum absolute atomic E-state index is 0.00313. The molecule has 11 heteroatoms. The molecule has 2 rings (SSSR count). The molecule has 1 heterocycles. The molecule has 26 heavy (non-hydrogen) atoms. The van der Waals surface area contributed by atoms with Crippen LogP contribution in [-0.2, 0) is 10.0 Å². The van der Waals surface area contributed by atoms with Crippen LogP contribution in [0.2, 0.25) is 0 Å². The minimum Gasteiger partial charge on any atom is -0.395 e. The van der Waals surface area contributed by atoms with E-state index in [4.69, 9.17) is 5.73 Å². The van der Waals surface area contributed by atoms with E-state index < -0.39 is 10.0 Å². The number of hydrogen-bond donors (Lipinski definition) is 4. The van der Waals surface area contributed by atoms with Gasteiger partial charge < -0.3 is 21.1 Å². The molecule has 0 atom stereocenters. The van der Waals surface area contributed by atoms with E-state index in [1.54, 1.807) is 11.8 Å². The molecule has 0 bridgehead atoms. The number of nitrogens with two attached hydrogens (primary N) is 1. The molecule has 0 aliphatic heterocycles. The summed E-state index contributed by atoms with van der Waals surface area (Å²) in [7, 11) is -3.30. The average molecular weight is 381 g/mol. The monoisotopic (exact) mass is 381 g/mol. The van der Waals surface area contributed by atoms with Crippen molar-refractivity contribution >= 4 is 33.6 Å². The number of anilines is 4. The second-order valence-corrected chi connectivity index (χ2v) is 7.41. The summed E-state index contributed by atoms with van der Waals surface area (Å²) in [6.45, 7) is 2.06. The van der Waals surface area contributed by atoms with Crippen LogP contribution < -0.4 is 20.7 Å². The highest BCUT2D eigenvalue weighted by atomic mass is 32.2. The van der Waals surface area contributed by atoms with Crippen LogP contribution in [0.1, 0.15) is 6.92 Å². The Morgan fingerprint density at radius 2 is 1.88 bits per heavy atom. The zero-order valence-corrected chi connectivity index (χ0v) is 15.3. The van der Waals surface area contributed by atoms with E-state index in [9.17, 15) is 13.5 Å². The lowest BCUT2D eigenvalue weighted by molar-refractivity contribution is 0.301. The maximum atomic E-state index is 11.5. The first kappa shape index (κ1) is 19.8. The summed E-state index contributed by atoms with van der Waals surface area (Å²) in [5, 5.41) is 12.3. The van der Waals surface area contributed by atoms with Gasteiger partial charge in [-0.3, -0.25) is 0 Å². The Hall–Kier alpha value is -2.50. The lowest BCUT2D eigenvalue weighted by atomic mass is 10.3. The molecule has 1 aromatic heterocycles. The fraction of sp³-hybridized carbons (Fsp3) is 0.400. The second kappa shape index (κ2) is 9.27. The molecule has 0 aliphatic rings. The molecular formula is C15H23N7O3S. The molecule has 0 saturated heterocycles. The molecule has 142 valence electrons. The van der Waals surface area contributed by atoms with Crippen molar-refractivity contribution < 1.29 is 13.5 Å². The Morgan fingerprint density at radius 3 is 2.54 bits per heavy atom. The summed E-state index contributed by atoms with van der Waals surface area (Å²) < 4.78 is 25.5. The van der Waals surface area contributed by atoms with Crippen molar-refractivity contribution in [3.05, 3.63) is 30.3 Å². The van der Waals surface area contributed by atoms with Gasteiger partial charge in [0.05, 0.1) is 12.4 Å². The number of aromatic nitrogens is 3. The van der Waals surface area contributed by atoms with Gasteiger partial charge in [-0.25, -0.2) is 13.1 Å². The van der Waals surface area contributed by atoms with E-state index in [1.807, 2.05) is 30.3 Å². The maximum Gasteiger partial charge on any atom is 0.233 e. The van der Waals surface area contributed by atoms with Gasteiger partial charge in [-0.1, -0.05) is 18.2 Å². The van der Waals surface area contributed by atoms with Crippen molar-refractivity contribution in [3.8, 4) is 0 Å². The molecule has 10 nitrogen and oxygen atoms in total. The number of nitrogens with zero attached hydrogens (tertiary/aromatic N) is 4. The third-order valence-corrected chi connectivity index (χ3v) is 4.81. The van der Waals surface area contributed by atoms with Crippen molar-refractivity contribution in [2.45, 2.75) is 6.92 Å². The Balaban J connectivity index is 2.14. The van der Waals surface area contributed by atoms with Gasteiger partial charge in [0.15, 0.2) is 0 Å². The minimum atomic E-state index is -3.30. The molecule has 0 radical (unpaired) electrons. The summed E-state index contributed by atoms with van der Waals surface area (Å²) in [6.07, 6.45) is 0. The van der Waals surface area contributed by atoms with Crippen molar-refractivity contribution in [1.29, 1.82) is 0 Å². The number of para-hydroxylation sites is 1. The average Bonchev–Trinajstić information content (AvgIpc) is 2.61. The van der Waals surface area contributed by atoms with Gasteiger partial charge in [-0.05, 0) is 19.1 Å². The number of rotatable bonds is 10. The lowest BCUT2D eigenvalue weighted by Crippen LogP contribution is -2.38. The van der Waals surface area contributed by atoms with Crippen LogP contribution >= 0.6 is 0 Å². The van der Waals surface area contributed by atoms with Crippen molar-refractivity contribution in [2.24, 2.45) is 0 Å². The number of hydrogen-bond acceptors (Lipinski definition) is 9. The molecule has 0 spiro atoms. The molecule has 1 aromatic carbocycles. The van der Waals surface area contributed by atoms with E-state index in [2.05, 4.69) is 25.0 Å². The van der Waals surface area contributed by atoms with Crippen LogP contribution in [0.4, 0.5) is 23.5 Å². The summed E-state index contributed by atoms with van der Waals surface area (Å²) in [4.78, 5) is 14.1. The van der Waals surface area contributed by atoms with Gasteiger partial charge >= 0.3 is 0 Å².